The van der Waals surface area contributed by atoms with Crippen LogP contribution in [0.2, 0.25) is 0 Å². The molecule has 0 saturated carbocycles. The lowest BCUT2D eigenvalue weighted by molar-refractivity contribution is 0.561. The number of nitrogens with zero attached hydrogens (tertiary/aromatic N) is 3. The Kier molecular flexibility index (Phi) is 3.54. The van der Waals surface area contributed by atoms with Crippen LogP contribution in [0, 0.1) is 6.92 Å². The predicted molar refractivity (Wildman–Crippen MR) is 67.7 cm³/mol. The van der Waals surface area contributed by atoms with Gasteiger partial charge >= 0.3 is 0 Å². The molecular weight excluding hydrogens is 212 g/mol. The molecular formula is C13H18N4. The minimum absolute atomic E-state index is 0.299. The third kappa shape index (κ3) is 2.71. The van der Waals surface area contributed by atoms with E-state index in [4.69, 9.17) is 0 Å². The van der Waals surface area contributed by atoms with E-state index in [0.29, 0.717) is 6.04 Å². The topological polar surface area (TPSA) is 42.7 Å². The molecule has 2 aromatic heterocycles. The van der Waals surface area contributed by atoms with Crippen molar-refractivity contribution in [2.75, 3.05) is 7.05 Å². The summed E-state index contributed by atoms with van der Waals surface area (Å²) >= 11 is 0. The first-order chi connectivity index (χ1) is 8.20. The van der Waals surface area contributed by atoms with Crippen molar-refractivity contribution in [1.82, 2.24) is 20.1 Å². The average Bonchev–Trinajstić information content (AvgIpc) is 2.66. The molecule has 1 unspecified atom stereocenters. The Morgan fingerprint density at radius 1 is 1.35 bits per heavy atom. The minimum atomic E-state index is 0.299. The van der Waals surface area contributed by atoms with Crippen molar-refractivity contribution in [2.45, 2.75) is 19.4 Å². The summed E-state index contributed by atoms with van der Waals surface area (Å²) in [5.41, 5.74) is 3.55. The molecule has 0 aliphatic carbocycles. The largest absolute Gasteiger partial charge is 0.313 e. The van der Waals surface area contributed by atoms with E-state index in [2.05, 4.69) is 21.5 Å². The number of pyridine rings is 1. The Morgan fingerprint density at radius 3 is 2.59 bits per heavy atom. The summed E-state index contributed by atoms with van der Waals surface area (Å²) in [4.78, 5) is 4.05. The van der Waals surface area contributed by atoms with Crippen LogP contribution in [-0.4, -0.2) is 21.8 Å². The van der Waals surface area contributed by atoms with Crippen LogP contribution in [0.25, 0.3) is 0 Å². The first-order valence-electron chi connectivity index (χ1n) is 5.77. The molecule has 0 bridgehead atoms. The number of aromatic nitrogens is 3. The number of nitrogens with one attached hydrogen (secondary N) is 1. The molecule has 2 heterocycles. The van der Waals surface area contributed by atoms with Crippen LogP contribution in [-0.2, 0) is 13.5 Å². The lowest BCUT2D eigenvalue weighted by atomic mass is 10.0. The predicted octanol–water partition coefficient (Wildman–Crippen LogP) is 1.63. The van der Waals surface area contributed by atoms with Gasteiger partial charge in [0.25, 0.3) is 0 Å². The SMILES string of the molecule is CNC(Cc1cc(C)nn1C)c1ccncc1. The van der Waals surface area contributed by atoms with Crippen molar-refractivity contribution in [3.05, 3.63) is 47.5 Å². The molecule has 2 rings (SSSR count). The number of aryl methyl sites for hydroxylation is 2. The first kappa shape index (κ1) is 11.8. The Bertz CT molecular complexity index is 475. The smallest absolute Gasteiger partial charge is 0.0596 e. The molecule has 0 amide bonds. The van der Waals surface area contributed by atoms with Gasteiger partial charge in [-0.3, -0.25) is 9.67 Å². The van der Waals surface area contributed by atoms with Crippen molar-refractivity contribution in [1.29, 1.82) is 0 Å². The summed E-state index contributed by atoms with van der Waals surface area (Å²) in [6, 6.07) is 6.52. The molecule has 2 aromatic rings. The fourth-order valence-corrected chi connectivity index (χ4v) is 2.05. The number of hydrogen-bond donors (Lipinski definition) is 1. The van der Waals surface area contributed by atoms with Gasteiger partial charge in [-0.2, -0.15) is 5.10 Å². The molecule has 0 radical (unpaired) electrons. The maximum atomic E-state index is 4.37. The average molecular weight is 230 g/mol. The van der Waals surface area contributed by atoms with Gasteiger partial charge in [0.05, 0.1) is 5.69 Å². The van der Waals surface area contributed by atoms with Crippen LogP contribution in [0.4, 0.5) is 0 Å². The Labute approximate surface area is 102 Å². The van der Waals surface area contributed by atoms with Crippen LogP contribution in [0.15, 0.2) is 30.6 Å². The van der Waals surface area contributed by atoms with Gasteiger partial charge in [0.2, 0.25) is 0 Å². The zero-order chi connectivity index (χ0) is 12.3. The van der Waals surface area contributed by atoms with Crippen molar-refractivity contribution in [2.24, 2.45) is 7.05 Å². The summed E-state index contributed by atoms with van der Waals surface area (Å²) in [5, 5.41) is 7.70. The van der Waals surface area contributed by atoms with E-state index >= 15 is 0 Å². The second-order valence-electron chi connectivity index (χ2n) is 4.23. The van der Waals surface area contributed by atoms with Crippen LogP contribution >= 0.6 is 0 Å². The summed E-state index contributed by atoms with van der Waals surface area (Å²) in [6.45, 7) is 2.02. The van der Waals surface area contributed by atoms with Gasteiger partial charge < -0.3 is 5.32 Å². The van der Waals surface area contributed by atoms with Crippen molar-refractivity contribution >= 4 is 0 Å². The van der Waals surface area contributed by atoms with Gasteiger partial charge in [-0.15, -0.1) is 0 Å². The number of likely N-dealkylation sites (N-methyl/N-ethyl adjacent to an activating group) is 1. The third-order valence-electron chi connectivity index (χ3n) is 2.97. The molecule has 1 atom stereocenters. The molecule has 0 aliphatic rings. The third-order valence-corrected chi connectivity index (χ3v) is 2.97. The highest BCUT2D eigenvalue weighted by Gasteiger charge is 2.12. The molecule has 0 aliphatic heterocycles. The molecule has 0 fully saturated rings. The lowest BCUT2D eigenvalue weighted by Crippen LogP contribution is -2.20. The van der Waals surface area contributed by atoms with Gasteiger partial charge in [0, 0.05) is 37.6 Å². The van der Waals surface area contributed by atoms with Gasteiger partial charge in [-0.1, -0.05) is 0 Å². The van der Waals surface area contributed by atoms with E-state index < -0.39 is 0 Å². The first-order valence-corrected chi connectivity index (χ1v) is 5.77. The normalized spacial score (nSPS) is 12.6. The summed E-state index contributed by atoms with van der Waals surface area (Å²) in [6.07, 6.45) is 4.58. The van der Waals surface area contributed by atoms with Gasteiger partial charge in [0.15, 0.2) is 0 Å². The van der Waals surface area contributed by atoms with Crippen molar-refractivity contribution in [3.8, 4) is 0 Å². The van der Waals surface area contributed by atoms with Crippen molar-refractivity contribution < 1.29 is 0 Å². The second kappa shape index (κ2) is 5.10. The molecule has 0 aromatic carbocycles. The van der Waals surface area contributed by atoms with E-state index in [-0.39, 0.29) is 0 Å². The Morgan fingerprint density at radius 2 is 2.06 bits per heavy atom. The zero-order valence-electron chi connectivity index (χ0n) is 10.5. The van der Waals surface area contributed by atoms with Crippen molar-refractivity contribution in [3.63, 3.8) is 0 Å². The maximum Gasteiger partial charge on any atom is 0.0596 e. The maximum absolute atomic E-state index is 4.37. The van der Waals surface area contributed by atoms with Gasteiger partial charge in [-0.25, -0.2) is 0 Å². The van der Waals surface area contributed by atoms with E-state index in [0.717, 1.165) is 12.1 Å². The highest BCUT2D eigenvalue weighted by molar-refractivity contribution is 5.19. The van der Waals surface area contributed by atoms with E-state index in [1.165, 1.54) is 11.3 Å². The standard InChI is InChI=1S/C13H18N4/c1-10-8-12(17(3)16-10)9-13(14-2)11-4-6-15-7-5-11/h4-8,13-14H,9H2,1-3H3. The summed E-state index contributed by atoms with van der Waals surface area (Å²) in [5.74, 6) is 0. The van der Waals surface area contributed by atoms with Crippen LogP contribution in [0.5, 0.6) is 0 Å². The highest BCUT2D eigenvalue weighted by atomic mass is 15.3. The fraction of sp³-hybridized carbons (Fsp3) is 0.385. The fourth-order valence-electron chi connectivity index (χ4n) is 2.05. The van der Waals surface area contributed by atoms with E-state index in [1.54, 1.807) is 0 Å². The quantitative estimate of drug-likeness (QED) is 0.868. The summed E-state index contributed by atoms with van der Waals surface area (Å²) < 4.78 is 1.95. The second-order valence-corrected chi connectivity index (χ2v) is 4.23. The van der Waals surface area contributed by atoms with Gasteiger partial charge in [-0.05, 0) is 37.7 Å². The van der Waals surface area contributed by atoms with Crippen LogP contribution in [0.3, 0.4) is 0 Å². The van der Waals surface area contributed by atoms with Crippen LogP contribution in [0.1, 0.15) is 23.0 Å². The number of rotatable bonds is 4. The molecule has 0 spiro atoms. The molecule has 1 N–H and O–H groups in total. The zero-order valence-corrected chi connectivity index (χ0v) is 10.5. The van der Waals surface area contributed by atoms with Gasteiger partial charge in [0.1, 0.15) is 0 Å². The number of hydrogen-bond acceptors (Lipinski definition) is 3. The highest BCUT2D eigenvalue weighted by Crippen LogP contribution is 2.17. The monoisotopic (exact) mass is 230 g/mol. The Balaban J connectivity index is 2.18. The molecule has 17 heavy (non-hydrogen) atoms. The van der Waals surface area contributed by atoms with E-state index in [9.17, 15) is 0 Å². The molecule has 0 saturated heterocycles. The molecule has 4 nitrogen and oxygen atoms in total. The van der Waals surface area contributed by atoms with E-state index in [1.807, 2.05) is 50.2 Å². The molecule has 4 heteroatoms. The summed E-state index contributed by atoms with van der Waals surface area (Å²) in [7, 11) is 3.97. The molecule has 90 valence electrons. The lowest BCUT2D eigenvalue weighted by Gasteiger charge is -2.16. The Hall–Kier alpha value is -1.68. The van der Waals surface area contributed by atoms with Crippen LogP contribution < -0.4 is 5.32 Å². The minimum Gasteiger partial charge on any atom is -0.313 e.